The zero-order chi connectivity index (χ0) is 16.6. The zero-order valence-corrected chi connectivity index (χ0v) is 11.9. The molecule has 23 heavy (non-hydrogen) atoms. The molecular weight excluding hydrogens is 313 g/mol. The Labute approximate surface area is 129 Å². The van der Waals surface area contributed by atoms with Gasteiger partial charge in [0.1, 0.15) is 31.6 Å². The Bertz CT molecular complexity index is 698. The van der Waals surface area contributed by atoms with Gasteiger partial charge in [-0.3, -0.25) is 4.57 Å². The molecule has 0 saturated carbocycles. The van der Waals surface area contributed by atoms with Crippen LogP contribution in [0.4, 0.5) is 10.3 Å². The summed E-state index contributed by atoms with van der Waals surface area (Å²) in [4.78, 5) is 11.9. The van der Waals surface area contributed by atoms with Gasteiger partial charge in [-0.1, -0.05) is 0 Å². The van der Waals surface area contributed by atoms with Gasteiger partial charge in [0, 0.05) is 0 Å². The van der Waals surface area contributed by atoms with Gasteiger partial charge in [0.2, 0.25) is 11.8 Å². The predicted octanol–water partition coefficient (Wildman–Crippen LogP) is -1.63. The number of imidazole rings is 1. The highest BCUT2D eigenvalue weighted by molar-refractivity contribution is 5.77. The third-order valence-corrected chi connectivity index (χ3v) is 3.51. The Balaban J connectivity index is 2.01. The van der Waals surface area contributed by atoms with Crippen LogP contribution in [0.2, 0.25) is 0 Å². The molecule has 10 nitrogen and oxygen atoms in total. The molecule has 126 valence electrons. The van der Waals surface area contributed by atoms with Crippen molar-refractivity contribution in [1.29, 1.82) is 0 Å². The van der Waals surface area contributed by atoms with Crippen molar-refractivity contribution in [3.05, 3.63) is 6.33 Å². The van der Waals surface area contributed by atoms with Crippen molar-refractivity contribution in [1.82, 2.24) is 19.5 Å². The molecule has 3 rings (SSSR count). The van der Waals surface area contributed by atoms with E-state index in [1.807, 2.05) is 0 Å². The second-order valence-electron chi connectivity index (χ2n) is 4.98. The number of alkyl halides is 1. The van der Waals surface area contributed by atoms with E-state index in [9.17, 15) is 14.6 Å². The van der Waals surface area contributed by atoms with Crippen LogP contribution >= 0.6 is 0 Å². The summed E-state index contributed by atoms with van der Waals surface area (Å²) in [7, 11) is 0. The lowest BCUT2D eigenvalue weighted by Crippen LogP contribution is -2.33. The second-order valence-corrected chi connectivity index (χ2v) is 4.98. The van der Waals surface area contributed by atoms with Crippen LogP contribution in [0.3, 0.4) is 0 Å². The van der Waals surface area contributed by atoms with Gasteiger partial charge in [0.05, 0.1) is 12.9 Å². The highest BCUT2D eigenvalue weighted by Crippen LogP contribution is 2.32. The molecule has 1 aliphatic rings. The molecule has 2 aromatic rings. The number of rotatable bonds is 5. The van der Waals surface area contributed by atoms with E-state index in [4.69, 9.17) is 20.3 Å². The number of hydrogen-bond donors (Lipinski definition) is 4. The topological polar surface area (TPSA) is 149 Å². The van der Waals surface area contributed by atoms with Crippen LogP contribution in [0.25, 0.3) is 11.2 Å². The number of fused-ring (bicyclic) bond motifs is 1. The van der Waals surface area contributed by atoms with Gasteiger partial charge in [-0.15, -0.1) is 0 Å². The number of aliphatic hydroxyl groups excluding tert-OH is 3. The van der Waals surface area contributed by atoms with E-state index in [-0.39, 0.29) is 29.6 Å². The molecule has 0 aromatic carbocycles. The summed E-state index contributed by atoms with van der Waals surface area (Å²) in [5.74, 6) is -0.115. The summed E-state index contributed by atoms with van der Waals surface area (Å²) in [5.41, 5.74) is 6.02. The lowest BCUT2D eigenvalue weighted by molar-refractivity contribution is -0.0511. The van der Waals surface area contributed by atoms with Gasteiger partial charge in [-0.25, -0.2) is 9.37 Å². The van der Waals surface area contributed by atoms with Crippen molar-refractivity contribution < 1.29 is 29.2 Å². The number of halogens is 1. The number of ether oxygens (including phenoxy) is 2. The number of aromatic nitrogens is 4. The first-order chi connectivity index (χ1) is 11.1. The SMILES string of the molecule is Nc1nc(OCCF)c2ncn([C@@H]3O[C@H](CO)[C@@H](O)[C@H]3O)c2n1. The molecule has 5 N–H and O–H groups in total. The first kappa shape index (κ1) is 15.8. The Kier molecular flexibility index (Phi) is 4.26. The first-order valence-corrected chi connectivity index (χ1v) is 6.88. The third kappa shape index (κ3) is 2.67. The highest BCUT2D eigenvalue weighted by Gasteiger charge is 2.44. The zero-order valence-electron chi connectivity index (χ0n) is 11.9. The largest absolute Gasteiger partial charge is 0.473 e. The molecule has 1 saturated heterocycles. The minimum Gasteiger partial charge on any atom is -0.473 e. The van der Waals surface area contributed by atoms with Crippen LogP contribution in [0.15, 0.2) is 6.33 Å². The Morgan fingerprint density at radius 3 is 2.78 bits per heavy atom. The van der Waals surface area contributed by atoms with E-state index in [2.05, 4.69) is 15.0 Å². The van der Waals surface area contributed by atoms with Crippen molar-refractivity contribution in [2.45, 2.75) is 24.5 Å². The molecule has 0 radical (unpaired) electrons. The first-order valence-electron chi connectivity index (χ1n) is 6.88. The number of nitrogens with zero attached hydrogens (tertiary/aromatic N) is 4. The predicted molar refractivity (Wildman–Crippen MR) is 74.2 cm³/mol. The third-order valence-electron chi connectivity index (χ3n) is 3.51. The molecule has 2 aromatic heterocycles. The molecule has 0 bridgehead atoms. The average Bonchev–Trinajstić information content (AvgIpc) is 3.07. The molecule has 0 spiro atoms. The van der Waals surface area contributed by atoms with Gasteiger partial charge in [-0.05, 0) is 0 Å². The van der Waals surface area contributed by atoms with E-state index in [1.54, 1.807) is 0 Å². The molecular formula is C12H16FN5O5. The number of anilines is 1. The van der Waals surface area contributed by atoms with Gasteiger partial charge >= 0.3 is 0 Å². The van der Waals surface area contributed by atoms with E-state index in [1.165, 1.54) is 10.9 Å². The number of nitrogens with two attached hydrogens (primary N) is 1. The van der Waals surface area contributed by atoms with Gasteiger partial charge in [0.15, 0.2) is 17.4 Å². The number of nitrogen functional groups attached to an aromatic ring is 1. The van der Waals surface area contributed by atoms with Crippen LogP contribution in [0.1, 0.15) is 6.23 Å². The Hall–Kier alpha value is -2.08. The van der Waals surface area contributed by atoms with E-state index >= 15 is 0 Å². The van der Waals surface area contributed by atoms with Crippen LogP contribution < -0.4 is 10.5 Å². The van der Waals surface area contributed by atoms with Crippen molar-refractivity contribution in [2.75, 3.05) is 25.6 Å². The smallest absolute Gasteiger partial charge is 0.247 e. The fourth-order valence-electron chi connectivity index (χ4n) is 2.44. The standard InChI is InChI=1S/C12H16FN5O5/c13-1-2-22-10-6-9(16-12(14)17-10)18(4-15-6)11-8(21)7(20)5(3-19)23-11/h4-5,7-8,11,19-21H,1-3H2,(H2,14,16,17)/t5-,7-,8-,11-/m1/s1. The minimum atomic E-state index is -1.30. The monoisotopic (exact) mass is 329 g/mol. The van der Waals surface area contributed by atoms with Crippen molar-refractivity contribution in [2.24, 2.45) is 0 Å². The lowest BCUT2D eigenvalue weighted by atomic mass is 10.1. The van der Waals surface area contributed by atoms with Gasteiger partial charge in [0.25, 0.3) is 0 Å². The van der Waals surface area contributed by atoms with Crippen LogP contribution in [-0.4, -0.2) is 73.0 Å². The summed E-state index contributed by atoms with van der Waals surface area (Å²) < 4.78 is 24.2. The normalized spacial score (nSPS) is 27.7. The molecule has 0 aliphatic carbocycles. The maximum absolute atomic E-state index is 12.3. The van der Waals surface area contributed by atoms with Crippen LogP contribution in [0, 0.1) is 0 Å². The van der Waals surface area contributed by atoms with Crippen molar-refractivity contribution >= 4 is 17.1 Å². The van der Waals surface area contributed by atoms with Crippen LogP contribution in [-0.2, 0) is 4.74 Å². The Morgan fingerprint density at radius 1 is 1.35 bits per heavy atom. The van der Waals surface area contributed by atoms with Gasteiger partial charge in [-0.2, -0.15) is 9.97 Å². The molecule has 3 heterocycles. The second kappa shape index (κ2) is 6.20. The number of aliphatic hydroxyl groups is 3. The maximum atomic E-state index is 12.3. The molecule has 11 heteroatoms. The summed E-state index contributed by atoms with van der Waals surface area (Å²) in [6, 6.07) is 0. The molecule has 0 amide bonds. The minimum absolute atomic E-state index is 0.00985. The maximum Gasteiger partial charge on any atom is 0.247 e. The van der Waals surface area contributed by atoms with Crippen LogP contribution in [0.5, 0.6) is 5.88 Å². The molecule has 1 fully saturated rings. The van der Waals surface area contributed by atoms with E-state index in [0.29, 0.717) is 0 Å². The fourth-order valence-corrected chi connectivity index (χ4v) is 2.44. The highest BCUT2D eigenvalue weighted by atomic mass is 19.1. The summed E-state index contributed by atoms with van der Waals surface area (Å²) >= 11 is 0. The lowest BCUT2D eigenvalue weighted by Gasteiger charge is -2.16. The summed E-state index contributed by atoms with van der Waals surface area (Å²) in [5, 5.41) is 29.1. The van der Waals surface area contributed by atoms with E-state index < -0.39 is 37.8 Å². The molecule has 4 atom stereocenters. The molecule has 1 aliphatic heterocycles. The summed E-state index contributed by atoms with van der Waals surface area (Å²) in [6.07, 6.45) is -3.20. The van der Waals surface area contributed by atoms with Crippen molar-refractivity contribution in [3.63, 3.8) is 0 Å². The van der Waals surface area contributed by atoms with Crippen molar-refractivity contribution in [3.8, 4) is 5.88 Å². The fraction of sp³-hybridized carbons (Fsp3) is 0.583. The molecule has 0 unspecified atom stereocenters. The van der Waals surface area contributed by atoms with Gasteiger partial charge < -0.3 is 30.5 Å². The van der Waals surface area contributed by atoms with E-state index in [0.717, 1.165) is 0 Å². The number of hydrogen-bond acceptors (Lipinski definition) is 9. The average molecular weight is 329 g/mol. The quantitative estimate of drug-likeness (QED) is 0.507. The summed E-state index contributed by atoms with van der Waals surface area (Å²) in [6.45, 7) is -1.38. The Morgan fingerprint density at radius 2 is 2.13 bits per heavy atom.